The van der Waals surface area contributed by atoms with Gasteiger partial charge in [0, 0.05) is 24.0 Å². The van der Waals surface area contributed by atoms with E-state index in [9.17, 15) is 4.79 Å². The van der Waals surface area contributed by atoms with Gasteiger partial charge in [-0.3, -0.25) is 9.69 Å². The van der Waals surface area contributed by atoms with Crippen molar-refractivity contribution in [2.45, 2.75) is 19.3 Å². The minimum absolute atomic E-state index is 0.00755. The molecule has 2 N–H and O–H groups in total. The van der Waals surface area contributed by atoms with E-state index in [1.165, 1.54) is 0 Å². The van der Waals surface area contributed by atoms with Gasteiger partial charge < -0.3 is 5.73 Å². The number of carbonyl (C=O) groups excluding carboxylic acids is 1. The van der Waals surface area contributed by atoms with Crippen LogP contribution >= 0.6 is 0 Å². The molecule has 2 heterocycles. The Bertz CT molecular complexity index is 622. The zero-order chi connectivity index (χ0) is 13.9. The molecule has 1 aliphatic heterocycles. The third-order valence-electron chi connectivity index (χ3n) is 3.60. The predicted octanol–water partition coefficient (Wildman–Crippen LogP) is 2.65. The number of aromatic nitrogens is 1. The zero-order valence-corrected chi connectivity index (χ0v) is 11.2. The van der Waals surface area contributed by atoms with Crippen molar-refractivity contribution < 1.29 is 4.79 Å². The van der Waals surface area contributed by atoms with Crippen LogP contribution in [0.25, 0.3) is 0 Å². The molecule has 1 amide bonds. The Morgan fingerprint density at radius 3 is 2.75 bits per heavy atom. The van der Waals surface area contributed by atoms with E-state index in [2.05, 4.69) is 11.1 Å². The maximum absolute atomic E-state index is 12.7. The molecule has 0 unspecified atom stereocenters. The van der Waals surface area contributed by atoms with Gasteiger partial charge in [0.25, 0.3) is 5.91 Å². The molecular weight excluding hydrogens is 250 g/mol. The van der Waals surface area contributed by atoms with Crippen molar-refractivity contribution >= 4 is 17.4 Å². The minimum atomic E-state index is -0.00755. The number of hydrogen-bond acceptors (Lipinski definition) is 3. The van der Waals surface area contributed by atoms with E-state index in [0.29, 0.717) is 17.8 Å². The van der Waals surface area contributed by atoms with Gasteiger partial charge in [0.2, 0.25) is 0 Å². The summed E-state index contributed by atoms with van der Waals surface area (Å²) in [5.41, 5.74) is 8.13. The van der Waals surface area contributed by atoms with Gasteiger partial charge in [-0.05, 0) is 55.2 Å². The number of rotatable bonds is 1. The van der Waals surface area contributed by atoms with E-state index >= 15 is 0 Å². The Morgan fingerprint density at radius 1 is 1.15 bits per heavy atom. The van der Waals surface area contributed by atoms with Gasteiger partial charge in [-0.15, -0.1) is 0 Å². The van der Waals surface area contributed by atoms with Gasteiger partial charge in [0.1, 0.15) is 5.82 Å². The number of benzene rings is 1. The quantitative estimate of drug-likeness (QED) is 0.808. The number of hydrogen-bond donors (Lipinski definition) is 1. The summed E-state index contributed by atoms with van der Waals surface area (Å²) in [5, 5.41) is 0. The monoisotopic (exact) mass is 267 g/mol. The molecule has 1 aromatic carbocycles. The molecule has 4 heteroatoms. The topological polar surface area (TPSA) is 59.2 Å². The molecule has 0 atom stereocenters. The molecule has 4 nitrogen and oxygen atoms in total. The maximum Gasteiger partial charge on any atom is 0.259 e. The van der Waals surface area contributed by atoms with E-state index in [1.807, 2.05) is 6.07 Å². The SMILES string of the molecule is Nc1ccc(C(=O)N2CCCCc3cccnc32)cc1. The second-order valence-electron chi connectivity index (χ2n) is 5.02. The van der Waals surface area contributed by atoms with Crippen LogP contribution in [0, 0.1) is 0 Å². The summed E-state index contributed by atoms with van der Waals surface area (Å²) in [7, 11) is 0. The molecule has 0 spiro atoms. The zero-order valence-electron chi connectivity index (χ0n) is 11.2. The van der Waals surface area contributed by atoms with Crippen LogP contribution in [0.4, 0.5) is 11.5 Å². The summed E-state index contributed by atoms with van der Waals surface area (Å²) in [5.74, 6) is 0.790. The van der Waals surface area contributed by atoms with Crippen LogP contribution in [-0.4, -0.2) is 17.4 Å². The fourth-order valence-electron chi connectivity index (χ4n) is 2.54. The van der Waals surface area contributed by atoms with Crippen molar-refractivity contribution in [2.75, 3.05) is 17.2 Å². The highest BCUT2D eigenvalue weighted by atomic mass is 16.2. The number of nitrogens with zero attached hydrogens (tertiary/aromatic N) is 2. The predicted molar refractivity (Wildman–Crippen MR) is 79.7 cm³/mol. The summed E-state index contributed by atoms with van der Waals surface area (Å²) < 4.78 is 0. The number of pyridine rings is 1. The molecule has 2 aromatic rings. The number of nitrogen functional groups attached to an aromatic ring is 1. The molecule has 0 saturated heterocycles. The molecule has 0 radical (unpaired) electrons. The number of nitrogens with two attached hydrogens (primary N) is 1. The van der Waals surface area contributed by atoms with Gasteiger partial charge >= 0.3 is 0 Å². The lowest BCUT2D eigenvalue weighted by atomic mass is 10.1. The Balaban J connectivity index is 1.97. The van der Waals surface area contributed by atoms with Crippen LogP contribution in [0.15, 0.2) is 42.6 Å². The molecule has 0 fully saturated rings. The first kappa shape index (κ1) is 12.7. The first-order chi connectivity index (χ1) is 9.75. The summed E-state index contributed by atoms with van der Waals surface area (Å²) in [6.07, 6.45) is 4.81. The molecule has 0 bridgehead atoms. The van der Waals surface area contributed by atoms with Crippen LogP contribution in [-0.2, 0) is 6.42 Å². The van der Waals surface area contributed by atoms with Crippen LogP contribution in [0.1, 0.15) is 28.8 Å². The molecule has 1 aromatic heterocycles. The summed E-state index contributed by atoms with van der Waals surface area (Å²) in [4.78, 5) is 18.9. The number of fused-ring (bicyclic) bond motifs is 1. The molecule has 0 saturated carbocycles. The van der Waals surface area contributed by atoms with Crippen LogP contribution < -0.4 is 10.6 Å². The third kappa shape index (κ3) is 2.37. The Morgan fingerprint density at radius 2 is 1.95 bits per heavy atom. The van der Waals surface area contributed by atoms with Crippen LogP contribution in [0.2, 0.25) is 0 Å². The van der Waals surface area contributed by atoms with Crippen molar-refractivity contribution in [1.82, 2.24) is 4.98 Å². The van der Waals surface area contributed by atoms with Gasteiger partial charge in [0.15, 0.2) is 0 Å². The molecular formula is C16H17N3O. The lowest BCUT2D eigenvalue weighted by Crippen LogP contribution is -2.32. The van der Waals surface area contributed by atoms with Gasteiger partial charge in [-0.1, -0.05) is 6.07 Å². The minimum Gasteiger partial charge on any atom is -0.399 e. The fourth-order valence-corrected chi connectivity index (χ4v) is 2.54. The number of amides is 1. The largest absolute Gasteiger partial charge is 0.399 e. The summed E-state index contributed by atoms with van der Waals surface area (Å²) in [6.45, 7) is 0.715. The molecule has 0 aliphatic carbocycles. The second-order valence-corrected chi connectivity index (χ2v) is 5.02. The first-order valence-electron chi connectivity index (χ1n) is 6.87. The van der Waals surface area contributed by atoms with E-state index in [1.54, 1.807) is 35.4 Å². The lowest BCUT2D eigenvalue weighted by molar-refractivity contribution is 0.0986. The summed E-state index contributed by atoms with van der Waals surface area (Å²) in [6, 6.07) is 11.0. The van der Waals surface area contributed by atoms with E-state index in [-0.39, 0.29) is 5.91 Å². The van der Waals surface area contributed by atoms with E-state index in [0.717, 1.165) is 30.6 Å². The second kappa shape index (κ2) is 5.33. The van der Waals surface area contributed by atoms with E-state index < -0.39 is 0 Å². The van der Waals surface area contributed by atoms with Crippen LogP contribution in [0.5, 0.6) is 0 Å². The lowest BCUT2D eigenvalue weighted by Gasteiger charge is -2.21. The van der Waals surface area contributed by atoms with Crippen molar-refractivity contribution in [3.63, 3.8) is 0 Å². The van der Waals surface area contributed by atoms with E-state index in [4.69, 9.17) is 5.73 Å². The first-order valence-corrected chi connectivity index (χ1v) is 6.87. The van der Waals surface area contributed by atoms with Crippen molar-refractivity contribution in [3.05, 3.63) is 53.7 Å². The van der Waals surface area contributed by atoms with Gasteiger partial charge in [-0.25, -0.2) is 4.98 Å². The van der Waals surface area contributed by atoms with Crippen molar-refractivity contribution in [3.8, 4) is 0 Å². The highest BCUT2D eigenvalue weighted by Crippen LogP contribution is 2.25. The average molecular weight is 267 g/mol. The van der Waals surface area contributed by atoms with Crippen LogP contribution in [0.3, 0.4) is 0 Å². The number of anilines is 2. The maximum atomic E-state index is 12.7. The third-order valence-corrected chi connectivity index (χ3v) is 3.60. The van der Waals surface area contributed by atoms with Gasteiger partial charge in [-0.2, -0.15) is 0 Å². The Labute approximate surface area is 118 Å². The Hall–Kier alpha value is -2.36. The normalized spacial score (nSPS) is 14.5. The summed E-state index contributed by atoms with van der Waals surface area (Å²) >= 11 is 0. The number of carbonyl (C=O) groups is 1. The van der Waals surface area contributed by atoms with Crippen molar-refractivity contribution in [2.24, 2.45) is 0 Å². The highest BCUT2D eigenvalue weighted by Gasteiger charge is 2.23. The molecule has 20 heavy (non-hydrogen) atoms. The molecule has 1 aliphatic rings. The fraction of sp³-hybridized carbons (Fsp3) is 0.250. The van der Waals surface area contributed by atoms with Gasteiger partial charge in [0.05, 0.1) is 0 Å². The smallest absolute Gasteiger partial charge is 0.259 e. The average Bonchev–Trinajstić information content (AvgIpc) is 2.69. The van der Waals surface area contributed by atoms with Crippen molar-refractivity contribution in [1.29, 1.82) is 0 Å². The Kier molecular flexibility index (Phi) is 3.37. The number of aryl methyl sites for hydroxylation is 1. The standard InChI is InChI=1S/C16H17N3O/c17-14-8-6-13(7-9-14)16(20)19-11-2-1-4-12-5-3-10-18-15(12)19/h3,5-10H,1-2,4,11,17H2. The molecule has 3 rings (SSSR count). The molecule has 102 valence electrons. The highest BCUT2D eigenvalue weighted by molar-refractivity contribution is 6.06.